The van der Waals surface area contributed by atoms with Crippen LogP contribution in [0.2, 0.25) is 10.0 Å². The van der Waals surface area contributed by atoms with Crippen molar-refractivity contribution in [1.29, 1.82) is 0 Å². The lowest BCUT2D eigenvalue weighted by atomic mass is 10.1. The molecule has 0 saturated carbocycles. The average Bonchev–Trinajstić information content (AvgIpc) is 2.17. The largest absolute Gasteiger partial charge is 0.315 e. The van der Waals surface area contributed by atoms with E-state index in [0.29, 0.717) is 6.04 Å². The van der Waals surface area contributed by atoms with Crippen LogP contribution in [-0.4, -0.2) is 12.6 Å². The molecule has 0 amide bonds. The molecule has 0 aromatic heterocycles. The van der Waals surface area contributed by atoms with Crippen molar-refractivity contribution in [3.8, 4) is 0 Å². The van der Waals surface area contributed by atoms with Crippen LogP contribution in [0.1, 0.15) is 25.8 Å². The Labute approximate surface area is 102 Å². The maximum atomic E-state index is 6.06. The fourth-order valence-corrected chi connectivity index (χ4v) is 1.81. The highest BCUT2D eigenvalue weighted by atomic mass is 35.5. The Hall–Kier alpha value is -0.240. The summed E-state index contributed by atoms with van der Waals surface area (Å²) in [6, 6.07) is 6.16. The summed E-state index contributed by atoms with van der Waals surface area (Å²) in [6.45, 7) is 5.30. The molecule has 15 heavy (non-hydrogen) atoms. The van der Waals surface area contributed by atoms with Gasteiger partial charge in [-0.1, -0.05) is 37.0 Å². The SMILES string of the molecule is CC(C)NCCCc1cc(Cl)ccc1Cl. The molecule has 0 fully saturated rings. The second kappa shape index (κ2) is 6.37. The van der Waals surface area contributed by atoms with E-state index in [0.717, 1.165) is 35.0 Å². The summed E-state index contributed by atoms with van der Waals surface area (Å²) in [7, 11) is 0. The van der Waals surface area contributed by atoms with E-state index in [-0.39, 0.29) is 0 Å². The minimum Gasteiger partial charge on any atom is -0.315 e. The van der Waals surface area contributed by atoms with Gasteiger partial charge in [-0.25, -0.2) is 0 Å². The lowest BCUT2D eigenvalue weighted by Gasteiger charge is -2.08. The minimum atomic E-state index is 0.542. The van der Waals surface area contributed by atoms with Crippen LogP contribution in [0.4, 0.5) is 0 Å². The number of nitrogens with one attached hydrogen (secondary N) is 1. The maximum absolute atomic E-state index is 6.06. The van der Waals surface area contributed by atoms with Gasteiger partial charge in [-0.3, -0.25) is 0 Å². The Morgan fingerprint density at radius 3 is 2.67 bits per heavy atom. The molecular weight excluding hydrogens is 229 g/mol. The van der Waals surface area contributed by atoms with Crippen LogP contribution in [0.5, 0.6) is 0 Å². The number of halogens is 2. The van der Waals surface area contributed by atoms with Gasteiger partial charge < -0.3 is 5.32 Å². The smallest absolute Gasteiger partial charge is 0.0439 e. The third-order valence-electron chi connectivity index (χ3n) is 2.18. The zero-order valence-corrected chi connectivity index (χ0v) is 10.7. The second-order valence-corrected chi connectivity index (χ2v) is 4.79. The molecule has 1 rings (SSSR count). The molecule has 1 aromatic rings. The van der Waals surface area contributed by atoms with Crippen molar-refractivity contribution in [1.82, 2.24) is 5.32 Å². The van der Waals surface area contributed by atoms with Crippen molar-refractivity contribution in [2.75, 3.05) is 6.54 Å². The Kier molecular flexibility index (Phi) is 5.44. The van der Waals surface area contributed by atoms with Gasteiger partial charge in [-0.15, -0.1) is 0 Å². The van der Waals surface area contributed by atoms with Gasteiger partial charge in [0.05, 0.1) is 0 Å². The third kappa shape index (κ3) is 4.87. The molecule has 0 heterocycles. The Balaban J connectivity index is 2.40. The average molecular weight is 246 g/mol. The van der Waals surface area contributed by atoms with Crippen molar-refractivity contribution in [2.45, 2.75) is 32.7 Å². The first-order valence-electron chi connectivity index (χ1n) is 5.27. The Morgan fingerprint density at radius 1 is 1.27 bits per heavy atom. The first-order valence-corrected chi connectivity index (χ1v) is 6.02. The highest BCUT2D eigenvalue weighted by Gasteiger charge is 2.01. The van der Waals surface area contributed by atoms with Crippen LogP contribution in [0.15, 0.2) is 18.2 Å². The molecule has 0 aliphatic heterocycles. The van der Waals surface area contributed by atoms with Gasteiger partial charge in [-0.2, -0.15) is 0 Å². The van der Waals surface area contributed by atoms with Crippen molar-refractivity contribution in [3.63, 3.8) is 0 Å². The number of aryl methyl sites for hydroxylation is 1. The van der Waals surface area contributed by atoms with Crippen LogP contribution in [0.25, 0.3) is 0 Å². The lowest BCUT2D eigenvalue weighted by Crippen LogP contribution is -2.23. The fourth-order valence-electron chi connectivity index (χ4n) is 1.40. The molecule has 0 unspecified atom stereocenters. The van der Waals surface area contributed by atoms with Gasteiger partial charge in [-0.05, 0) is 43.1 Å². The molecule has 0 atom stereocenters. The van der Waals surface area contributed by atoms with E-state index in [4.69, 9.17) is 23.2 Å². The number of benzene rings is 1. The van der Waals surface area contributed by atoms with Crippen LogP contribution in [0, 0.1) is 0 Å². The maximum Gasteiger partial charge on any atom is 0.0439 e. The molecule has 3 heteroatoms. The molecule has 84 valence electrons. The second-order valence-electron chi connectivity index (χ2n) is 3.95. The molecular formula is C12H17Cl2N. The summed E-state index contributed by atoms with van der Waals surface area (Å²) in [6.07, 6.45) is 2.05. The molecule has 1 nitrogen and oxygen atoms in total. The predicted octanol–water partition coefficient (Wildman–Crippen LogP) is 3.92. The van der Waals surface area contributed by atoms with Gasteiger partial charge in [0.1, 0.15) is 0 Å². The van der Waals surface area contributed by atoms with Crippen LogP contribution >= 0.6 is 23.2 Å². The van der Waals surface area contributed by atoms with Crippen molar-refractivity contribution < 1.29 is 0 Å². The fraction of sp³-hybridized carbons (Fsp3) is 0.500. The van der Waals surface area contributed by atoms with Gasteiger partial charge in [0.2, 0.25) is 0 Å². The van der Waals surface area contributed by atoms with Gasteiger partial charge in [0.15, 0.2) is 0 Å². The third-order valence-corrected chi connectivity index (χ3v) is 2.79. The molecule has 1 N–H and O–H groups in total. The zero-order chi connectivity index (χ0) is 11.3. The number of rotatable bonds is 5. The summed E-state index contributed by atoms with van der Waals surface area (Å²) in [5, 5.41) is 4.94. The van der Waals surface area contributed by atoms with Gasteiger partial charge >= 0.3 is 0 Å². The molecule has 0 saturated heterocycles. The van der Waals surface area contributed by atoms with E-state index < -0.39 is 0 Å². The zero-order valence-electron chi connectivity index (χ0n) is 9.19. The van der Waals surface area contributed by atoms with E-state index in [1.54, 1.807) is 0 Å². The summed E-state index contributed by atoms with van der Waals surface area (Å²) >= 11 is 12.0. The van der Waals surface area contributed by atoms with Crippen molar-refractivity contribution in [2.24, 2.45) is 0 Å². The molecule has 0 aliphatic rings. The van der Waals surface area contributed by atoms with Crippen LogP contribution in [-0.2, 0) is 6.42 Å². The quantitative estimate of drug-likeness (QED) is 0.776. The Bertz CT molecular complexity index is 310. The van der Waals surface area contributed by atoms with Gasteiger partial charge in [0, 0.05) is 16.1 Å². The minimum absolute atomic E-state index is 0.542. The normalized spacial score (nSPS) is 11.0. The monoisotopic (exact) mass is 245 g/mol. The highest BCUT2D eigenvalue weighted by molar-refractivity contribution is 6.33. The van der Waals surface area contributed by atoms with Crippen LogP contribution < -0.4 is 5.32 Å². The molecule has 0 spiro atoms. The summed E-state index contributed by atoms with van der Waals surface area (Å²) in [4.78, 5) is 0. The Morgan fingerprint density at radius 2 is 2.00 bits per heavy atom. The van der Waals surface area contributed by atoms with Crippen molar-refractivity contribution >= 4 is 23.2 Å². The van der Waals surface area contributed by atoms with E-state index in [1.807, 2.05) is 18.2 Å². The van der Waals surface area contributed by atoms with E-state index in [1.165, 1.54) is 0 Å². The van der Waals surface area contributed by atoms with Crippen LogP contribution in [0.3, 0.4) is 0 Å². The molecule has 0 radical (unpaired) electrons. The van der Waals surface area contributed by atoms with Crippen molar-refractivity contribution in [3.05, 3.63) is 33.8 Å². The van der Waals surface area contributed by atoms with E-state index in [2.05, 4.69) is 19.2 Å². The standard InChI is InChI=1S/C12H17Cl2N/c1-9(2)15-7-3-4-10-8-11(13)5-6-12(10)14/h5-6,8-9,15H,3-4,7H2,1-2H3. The summed E-state index contributed by atoms with van der Waals surface area (Å²) < 4.78 is 0. The summed E-state index contributed by atoms with van der Waals surface area (Å²) in [5.74, 6) is 0. The number of hydrogen-bond acceptors (Lipinski definition) is 1. The van der Waals surface area contributed by atoms with Gasteiger partial charge in [0.25, 0.3) is 0 Å². The molecule has 0 aliphatic carbocycles. The van der Waals surface area contributed by atoms with E-state index in [9.17, 15) is 0 Å². The molecule has 0 bridgehead atoms. The van der Waals surface area contributed by atoms with E-state index >= 15 is 0 Å². The summed E-state index contributed by atoms with van der Waals surface area (Å²) in [5.41, 5.74) is 1.13. The first-order chi connectivity index (χ1) is 7.09. The predicted molar refractivity (Wildman–Crippen MR) is 67.9 cm³/mol. The molecule has 1 aromatic carbocycles. The topological polar surface area (TPSA) is 12.0 Å². The highest BCUT2D eigenvalue weighted by Crippen LogP contribution is 2.21. The lowest BCUT2D eigenvalue weighted by molar-refractivity contribution is 0.570. The first kappa shape index (κ1) is 12.8. The number of hydrogen-bond donors (Lipinski definition) is 1.